The molecule has 5 nitrogen and oxygen atoms in total. The van der Waals surface area contributed by atoms with Crippen LogP contribution in [-0.4, -0.2) is 25.2 Å². The van der Waals surface area contributed by atoms with Crippen LogP contribution in [0, 0.1) is 0 Å². The van der Waals surface area contributed by atoms with E-state index in [1.807, 2.05) is 6.92 Å². The lowest BCUT2D eigenvalue weighted by Crippen LogP contribution is -2.19. The Balaban J connectivity index is 2.92. The second kappa shape index (κ2) is 3.89. The van der Waals surface area contributed by atoms with Crippen LogP contribution in [0.2, 0.25) is 0 Å². The highest BCUT2D eigenvalue weighted by atomic mass is 32.2. The first kappa shape index (κ1) is 10.2. The van der Waals surface area contributed by atoms with Crippen molar-refractivity contribution in [2.45, 2.75) is 24.9 Å². The maximum absolute atomic E-state index is 11.2. The topological polar surface area (TPSA) is 64.0 Å². The molecule has 13 heavy (non-hydrogen) atoms. The van der Waals surface area contributed by atoms with Gasteiger partial charge < -0.3 is 0 Å². The molecule has 0 aromatic carbocycles. The molecular weight excluding hydrogens is 190 g/mol. The number of rotatable bonds is 4. The molecule has 0 bridgehead atoms. The van der Waals surface area contributed by atoms with Crippen molar-refractivity contribution in [1.29, 1.82) is 0 Å². The van der Waals surface area contributed by atoms with Crippen LogP contribution in [-0.2, 0) is 16.6 Å². The van der Waals surface area contributed by atoms with Gasteiger partial charge in [-0.1, -0.05) is 6.92 Å². The summed E-state index contributed by atoms with van der Waals surface area (Å²) in [6, 6.07) is 1.49. The number of aryl methyl sites for hydroxylation is 1. The fraction of sp³-hybridized carbons (Fsp3) is 0.571. The lowest BCUT2D eigenvalue weighted by Gasteiger charge is -1.97. The van der Waals surface area contributed by atoms with E-state index in [2.05, 4.69) is 9.82 Å². The first-order valence-electron chi connectivity index (χ1n) is 4.07. The highest BCUT2D eigenvalue weighted by Gasteiger charge is 2.13. The van der Waals surface area contributed by atoms with Gasteiger partial charge in [0.05, 0.1) is 0 Å². The summed E-state index contributed by atoms with van der Waals surface area (Å²) in [5.74, 6) is 0. The van der Waals surface area contributed by atoms with Gasteiger partial charge in [-0.05, 0) is 19.5 Å². The molecule has 0 spiro atoms. The molecule has 0 unspecified atom stereocenters. The second-order valence-corrected chi connectivity index (χ2v) is 4.46. The minimum absolute atomic E-state index is 0.0726. The molecule has 0 amide bonds. The molecule has 74 valence electrons. The summed E-state index contributed by atoms with van der Waals surface area (Å²) < 4.78 is 26.3. The highest BCUT2D eigenvalue weighted by molar-refractivity contribution is 7.89. The SMILES string of the molecule is CCCn1ccc(S(=O)(=O)NC)n1. The van der Waals surface area contributed by atoms with Gasteiger partial charge in [0.2, 0.25) is 0 Å². The van der Waals surface area contributed by atoms with Gasteiger partial charge in [0, 0.05) is 12.7 Å². The zero-order valence-electron chi connectivity index (χ0n) is 7.69. The van der Waals surface area contributed by atoms with Gasteiger partial charge in [0.15, 0.2) is 5.03 Å². The molecule has 0 fully saturated rings. The van der Waals surface area contributed by atoms with Gasteiger partial charge in [-0.3, -0.25) is 4.68 Å². The summed E-state index contributed by atoms with van der Waals surface area (Å²) in [4.78, 5) is 0. The average molecular weight is 203 g/mol. The van der Waals surface area contributed by atoms with E-state index in [1.54, 1.807) is 10.9 Å². The van der Waals surface area contributed by atoms with Crippen LogP contribution >= 0.6 is 0 Å². The van der Waals surface area contributed by atoms with Crippen molar-refractivity contribution in [2.75, 3.05) is 7.05 Å². The third-order valence-corrected chi connectivity index (χ3v) is 2.92. The van der Waals surface area contributed by atoms with Gasteiger partial charge in [-0.2, -0.15) is 5.10 Å². The van der Waals surface area contributed by atoms with E-state index in [0.29, 0.717) is 0 Å². The van der Waals surface area contributed by atoms with Crippen LogP contribution in [0.1, 0.15) is 13.3 Å². The molecule has 1 aromatic heterocycles. The first-order chi connectivity index (χ1) is 6.10. The molecule has 1 heterocycles. The number of nitrogens with zero attached hydrogens (tertiary/aromatic N) is 2. The Hall–Kier alpha value is -0.880. The molecule has 1 rings (SSSR count). The number of hydrogen-bond donors (Lipinski definition) is 1. The largest absolute Gasteiger partial charge is 0.271 e. The molecule has 0 atom stereocenters. The summed E-state index contributed by atoms with van der Waals surface area (Å²) in [6.07, 6.45) is 2.59. The molecule has 1 aromatic rings. The van der Waals surface area contributed by atoms with E-state index >= 15 is 0 Å². The Morgan fingerprint density at radius 2 is 2.31 bits per heavy atom. The van der Waals surface area contributed by atoms with Gasteiger partial charge >= 0.3 is 0 Å². The smallest absolute Gasteiger partial charge is 0.259 e. The Morgan fingerprint density at radius 3 is 2.85 bits per heavy atom. The minimum atomic E-state index is -3.38. The van der Waals surface area contributed by atoms with Crippen LogP contribution in [0.3, 0.4) is 0 Å². The maximum atomic E-state index is 11.2. The first-order valence-corrected chi connectivity index (χ1v) is 5.55. The fourth-order valence-corrected chi connectivity index (χ4v) is 1.61. The van der Waals surface area contributed by atoms with Crippen molar-refractivity contribution < 1.29 is 8.42 Å². The van der Waals surface area contributed by atoms with Crippen molar-refractivity contribution in [3.63, 3.8) is 0 Å². The maximum Gasteiger partial charge on any atom is 0.259 e. The summed E-state index contributed by atoms with van der Waals surface area (Å²) >= 11 is 0. The summed E-state index contributed by atoms with van der Waals surface area (Å²) in [7, 11) is -2.01. The van der Waals surface area contributed by atoms with E-state index in [-0.39, 0.29) is 5.03 Å². The monoisotopic (exact) mass is 203 g/mol. The standard InChI is InChI=1S/C7H13N3O2S/c1-3-5-10-6-4-7(9-10)13(11,12)8-2/h4,6,8H,3,5H2,1-2H3. The Morgan fingerprint density at radius 1 is 1.62 bits per heavy atom. The molecule has 0 aliphatic carbocycles. The van der Waals surface area contributed by atoms with Crippen molar-refractivity contribution in [2.24, 2.45) is 0 Å². The average Bonchev–Trinajstić information content (AvgIpc) is 2.54. The van der Waals surface area contributed by atoms with Crippen LogP contribution in [0.5, 0.6) is 0 Å². The van der Waals surface area contributed by atoms with Crippen LogP contribution in [0.25, 0.3) is 0 Å². The molecule has 0 aliphatic heterocycles. The molecular formula is C7H13N3O2S. The lowest BCUT2D eigenvalue weighted by molar-refractivity contribution is 0.562. The molecule has 0 saturated carbocycles. The summed E-state index contributed by atoms with van der Waals surface area (Å²) in [5.41, 5.74) is 0. The van der Waals surface area contributed by atoms with Gasteiger partial charge in [-0.15, -0.1) is 0 Å². The van der Waals surface area contributed by atoms with Crippen molar-refractivity contribution >= 4 is 10.0 Å². The Kier molecular flexibility index (Phi) is 3.05. The molecule has 0 radical (unpaired) electrons. The number of hydrogen-bond acceptors (Lipinski definition) is 3. The predicted molar refractivity (Wildman–Crippen MR) is 48.8 cm³/mol. The Bertz CT molecular complexity index is 369. The Labute approximate surface area is 77.8 Å². The molecule has 6 heteroatoms. The number of sulfonamides is 1. The highest BCUT2D eigenvalue weighted by Crippen LogP contribution is 2.03. The van der Waals surface area contributed by atoms with Crippen LogP contribution in [0.15, 0.2) is 17.3 Å². The quantitative estimate of drug-likeness (QED) is 0.760. The van der Waals surface area contributed by atoms with E-state index in [4.69, 9.17) is 0 Å². The van der Waals surface area contributed by atoms with E-state index < -0.39 is 10.0 Å². The second-order valence-electron chi connectivity index (χ2n) is 2.62. The number of aromatic nitrogens is 2. The van der Waals surface area contributed by atoms with Crippen LogP contribution in [0.4, 0.5) is 0 Å². The van der Waals surface area contributed by atoms with Crippen molar-refractivity contribution in [3.8, 4) is 0 Å². The van der Waals surface area contributed by atoms with Gasteiger partial charge in [0.25, 0.3) is 10.0 Å². The van der Waals surface area contributed by atoms with E-state index in [0.717, 1.165) is 13.0 Å². The zero-order valence-corrected chi connectivity index (χ0v) is 8.50. The summed E-state index contributed by atoms with van der Waals surface area (Å²) in [6.45, 7) is 2.74. The molecule has 0 saturated heterocycles. The third kappa shape index (κ3) is 2.28. The fourth-order valence-electron chi connectivity index (χ4n) is 0.945. The third-order valence-electron chi connectivity index (χ3n) is 1.61. The van der Waals surface area contributed by atoms with Gasteiger partial charge in [-0.25, -0.2) is 13.1 Å². The van der Waals surface area contributed by atoms with Gasteiger partial charge in [0.1, 0.15) is 0 Å². The van der Waals surface area contributed by atoms with E-state index in [9.17, 15) is 8.42 Å². The lowest BCUT2D eigenvalue weighted by atomic mass is 10.5. The van der Waals surface area contributed by atoms with Crippen molar-refractivity contribution in [3.05, 3.63) is 12.3 Å². The number of nitrogens with one attached hydrogen (secondary N) is 1. The van der Waals surface area contributed by atoms with Crippen molar-refractivity contribution in [1.82, 2.24) is 14.5 Å². The molecule has 1 N–H and O–H groups in total. The normalized spacial score (nSPS) is 11.8. The minimum Gasteiger partial charge on any atom is -0.271 e. The zero-order chi connectivity index (χ0) is 9.90. The van der Waals surface area contributed by atoms with Crippen LogP contribution < -0.4 is 4.72 Å². The predicted octanol–water partition coefficient (Wildman–Crippen LogP) is 0.201. The van der Waals surface area contributed by atoms with E-state index in [1.165, 1.54) is 13.1 Å². The summed E-state index contributed by atoms with van der Waals surface area (Å²) in [5, 5.41) is 3.98. The molecule has 0 aliphatic rings.